The Bertz CT molecular complexity index is 641. The standard InChI is InChI=1S/C12H13N3O4S/c16-10(17)3-1-2-6-13-8-4-5-9-11(14-7-20-9)12(8)15(18)19/h4-5,7,13H,1-3,6H2,(H,16,17). The molecule has 1 aromatic heterocycles. The molecule has 0 unspecified atom stereocenters. The van der Waals surface area contributed by atoms with Crippen molar-refractivity contribution in [1.29, 1.82) is 0 Å². The normalized spacial score (nSPS) is 10.6. The van der Waals surface area contributed by atoms with Crippen molar-refractivity contribution in [2.24, 2.45) is 0 Å². The highest BCUT2D eigenvalue weighted by Crippen LogP contribution is 2.34. The summed E-state index contributed by atoms with van der Waals surface area (Å²) in [6, 6.07) is 3.45. The van der Waals surface area contributed by atoms with Gasteiger partial charge >= 0.3 is 11.7 Å². The zero-order chi connectivity index (χ0) is 14.5. The molecule has 1 aromatic carbocycles. The van der Waals surface area contributed by atoms with Gasteiger partial charge in [-0.15, -0.1) is 11.3 Å². The third-order valence-corrected chi connectivity index (χ3v) is 3.59. The van der Waals surface area contributed by atoms with E-state index >= 15 is 0 Å². The molecule has 0 saturated carbocycles. The van der Waals surface area contributed by atoms with Gasteiger partial charge in [-0.25, -0.2) is 4.98 Å². The predicted molar refractivity (Wildman–Crippen MR) is 76.3 cm³/mol. The second kappa shape index (κ2) is 6.29. The van der Waals surface area contributed by atoms with Gasteiger partial charge in [0, 0.05) is 13.0 Å². The molecule has 0 saturated heterocycles. The number of hydrogen-bond acceptors (Lipinski definition) is 6. The van der Waals surface area contributed by atoms with E-state index in [0.29, 0.717) is 30.6 Å². The SMILES string of the molecule is O=C(O)CCCCNc1ccc2scnc2c1[N+](=O)[O-]. The largest absolute Gasteiger partial charge is 0.481 e. The summed E-state index contributed by atoms with van der Waals surface area (Å²) < 4.78 is 0.771. The first-order chi connectivity index (χ1) is 9.59. The lowest BCUT2D eigenvalue weighted by Crippen LogP contribution is -2.05. The molecule has 7 nitrogen and oxygen atoms in total. The first-order valence-corrected chi connectivity index (χ1v) is 6.94. The van der Waals surface area contributed by atoms with Crippen molar-refractivity contribution in [3.63, 3.8) is 0 Å². The van der Waals surface area contributed by atoms with Crippen molar-refractivity contribution < 1.29 is 14.8 Å². The Kier molecular flexibility index (Phi) is 4.46. The molecule has 106 valence electrons. The van der Waals surface area contributed by atoms with Gasteiger partial charge in [0.1, 0.15) is 5.69 Å². The molecule has 0 amide bonds. The molecule has 0 aliphatic carbocycles. The molecule has 0 atom stereocenters. The number of hydrogen-bond donors (Lipinski definition) is 2. The Labute approximate surface area is 118 Å². The molecule has 8 heteroatoms. The van der Waals surface area contributed by atoms with Crippen LogP contribution in [0.4, 0.5) is 11.4 Å². The average molecular weight is 295 g/mol. The lowest BCUT2D eigenvalue weighted by atomic mass is 10.2. The Hall–Kier alpha value is -2.22. The zero-order valence-corrected chi connectivity index (χ0v) is 11.4. The first-order valence-electron chi connectivity index (χ1n) is 6.06. The minimum atomic E-state index is -0.833. The molecule has 20 heavy (non-hydrogen) atoms. The number of nitro groups is 1. The van der Waals surface area contributed by atoms with Gasteiger partial charge in [0.2, 0.25) is 0 Å². The van der Waals surface area contributed by atoms with Gasteiger partial charge in [-0.3, -0.25) is 14.9 Å². The number of nitro benzene ring substituents is 1. The van der Waals surface area contributed by atoms with Crippen molar-refractivity contribution in [3.8, 4) is 0 Å². The summed E-state index contributed by atoms with van der Waals surface area (Å²) in [6.07, 6.45) is 1.28. The van der Waals surface area contributed by atoms with E-state index < -0.39 is 10.9 Å². The number of benzene rings is 1. The van der Waals surface area contributed by atoms with Gasteiger partial charge in [0.25, 0.3) is 0 Å². The fraction of sp³-hybridized carbons (Fsp3) is 0.333. The Balaban J connectivity index is 2.07. The van der Waals surface area contributed by atoms with Crippen LogP contribution in [-0.2, 0) is 4.79 Å². The maximum absolute atomic E-state index is 11.2. The van der Waals surface area contributed by atoms with Crippen LogP contribution >= 0.6 is 11.3 Å². The minimum Gasteiger partial charge on any atom is -0.481 e. The molecular weight excluding hydrogens is 282 g/mol. The molecule has 0 radical (unpaired) electrons. The fourth-order valence-corrected chi connectivity index (χ4v) is 2.55. The van der Waals surface area contributed by atoms with E-state index in [1.165, 1.54) is 11.3 Å². The maximum Gasteiger partial charge on any atom is 0.319 e. The van der Waals surface area contributed by atoms with Crippen LogP contribution in [0.5, 0.6) is 0 Å². The van der Waals surface area contributed by atoms with Crippen molar-refractivity contribution >= 4 is 38.9 Å². The molecule has 0 bridgehead atoms. The summed E-state index contributed by atoms with van der Waals surface area (Å²) >= 11 is 1.35. The monoisotopic (exact) mass is 295 g/mol. The Morgan fingerprint density at radius 1 is 1.45 bits per heavy atom. The first kappa shape index (κ1) is 14.2. The van der Waals surface area contributed by atoms with E-state index in [1.807, 2.05) is 0 Å². The highest BCUT2D eigenvalue weighted by atomic mass is 32.1. The third-order valence-electron chi connectivity index (χ3n) is 2.79. The summed E-state index contributed by atoms with van der Waals surface area (Å²) in [4.78, 5) is 25.1. The average Bonchev–Trinajstić information content (AvgIpc) is 2.85. The van der Waals surface area contributed by atoms with E-state index in [-0.39, 0.29) is 12.1 Å². The molecule has 2 N–H and O–H groups in total. The zero-order valence-electron chi connectivity index (χ0n) is 10.5. The van der Waals surface area contributed by atoms with E-state index in [9.17, 15) is 14.9 Å². The highest BCUT2D eigenvalue weighted by Gasteiger charge is 2.20. The second-order valence-corrected chi connectivity index (χ2v) is 5.08. The number of carboxylic acid groups (broad SMARTS) is 1. The minimum absolute atomic E-state index is 0.0259. The summed E-state index contributed by atoms with van der Waals surface area (Å²) in [5.41, 5.74) is 2.36. The molecule has 0 aliphatic rings. The topological polar surface area (TPSA) is 105 Å². The van der Waals surface area contributed by atoms with Gasteiger partial charge in [0.15, 0.2) is 5.52 Å². The highest BCUT2D eigenvalue weighted by molar-refractivity contribution is 7.16. The van der Waals surface area contributed by atoms with Crippen molar-refractivity contribution in [1.82, 2.24) is 4.98 Å². The van der Waals surface area contributed by atoms with Crippen LogP contribution in [0.15, 0.2) is 17.6 Å². The molecular formula is C12H13N3O4S. The predicted octanol–water partition coefficient (Wildman–Crippen LogP) is 2.87. The van der Waals surface area contributed by atoms with E-state index in [0.717, 1.165) is 4.70 Å². The Morgan fingerprint density at radius 3 is 2.95 bits per heavy atom. The van der Waals surface area contributed by atoms with E-state index in [4.69, 9.17) is 5.11 Å². The maximum atomic E-state index is 11.2. The van der Waals surface area contributed by atoms with E-state index in [2.05, 4.69) is 10.3 Å². The van der Waals surface area contributed by atoms with E-state index in [1.54, 1.807) is 17.6 Å². The number of nitrogens with zero attached hydrogens (tertiary/aromatic N) is 2. The summed E-state index contributed by atoms with van der Waals surface area (Å²) in [7, 11) is 0. The molecule has 2 rings (SSSR count). The van der Waals surface area contributed by atoms with Crippen LogP contribution < -0.4 is 5.32 Å². The van der Waals surface area contributed by atoms with Crippen LogP contribution in [0.3, 0.4) is 0 Å². The van der Waals surface area contributed by atoms with Gasteiger partial charge < -0.3 is 10.4 Å². The quantitative estimate of drug-likeness (QED) is 0.462. The summed E-state index contributed by atoms with van der Waals surface area (Å²) in [5.74, 6) is -0.833. The second-order valence-electron chi connectivity index (χ2n) is 4.20. The fourth-order valence-electron chi connectivity index (χ4n) is 1.87. The van der Waals surface area contributed by atoms with Crippen molar-refractivity contribution in [2.75, 3.05) is 11.9 Å². The third kappa shape index (κ3) is 3.21. The number of rotatable bonds is 7. The molecule has 0 fully saturated rings. The number of aliphatic carboxylic acids is 1. The smallest absolute Gasteiger partial charge is 0.319 e. The van der Waals surface area contributed by atoms with Crippen LogP contribution in [0, 0.1) is 10.1 Å². The lowest BCUT2D eigenvalue weighted by Gasteiger charge is -2.06. The lowest BCUT2D eigenvalue weighted by molar-refractivity contribution is -0.382. The van der Waals surface area contributed by atoms with Gasteiger partial charge in [0.05, 0.1) is 15.1 Å². The van der Waals surface area contributed by atoms with Crippen molar-refractivity contribution in [2.45, 2.75) is 19.3 Å². The summed E-state index contributed by atoms with van der Waals surface area (Å²) in [5, 5.41) is 22.7. The number of nitrogens with one attached hydrogen (secondary N) is 1. The number of carboxylic acids is 1. The van der Waals surface area contributed by atoms with Crippen molar-refractivity contribution in [3.05, 3.63) is 27.8 Å². The van der Waals surface area contributed by atoms with Gasteiger partial charge in [-0.1, -0.05) is 0 Å². The number of anilines is 1. The number of carbonyl (C=O) groups is 1. The number of thiazole rings is 1. The Morgan fingerprint density at radius 2 is 2.25 bits per heavy atom. The number of fused-ring (bicyclic) bond motifs is 1. The van der Waals surface area contributed by atoms with Crippen LogP contribution in [0.25, 0.3) is 10.2 Å². The molecule has 2 aromatic rings. The van der Waals surface area contributed by atoms with Crippen LogP contribution in [-0.4, -0.2) is 27.5 Å². The number of aromatic nitrogens is 1. The van der Waals surface area contributed by atoms with Gasteiger partial charge in [-0.2, -0.15) is 0 Å². The molecule has 0 spiro atoms. The molecule has 0 aliphatic heterocycles. The summed E-state index contributed by atoms with van der Waals surface area (Å²) in [6.45, 7) is 0.490. The van der Waals surface area contributed by atoms with Crippen LogP contribution in [0.2, 0.25) is 0 Å². The van der Waals surface area contributed by atoms with Gasteiger partial charge in [-0.05, 0) is 25.0 Å². The van der Waals surface area contributed by atoms with Crippen LogP contribution in [0.1, 0.15) is 19.3 Å². The molecule has 1 heterocycles. The number of unbranched alkanes of at least 4 members (excludes halogenated alkanes) is 1.